The van der Waals surface area contributed by atoms with Gasteiger partial charge in [-0.15, -0.1) is 0 Å². The Bertz CT molecular complexity index is 912. The van der Waals surface area contributed by atoms with Crippen molar-refractivity contribution in [3.63, 3.8) is 0 Å². The largest absolute Gasteiger partial charge is 0.416 e. The van der Waals surface area contributed by atoms with Crippen LogP contribution in [0.3, 0.4) is 0 Å². The van der Waals surface area contributed by atoms with E-state index in [1.807, 2.05) is 32.0 Å². The number of urea groups is 1. The summed E-state index contributed by atoms with van der Waals surface area (Å²) in [6, 6.07) is 9.00. The van der Waals surface area contributed by atoms with Crippen LogP contribution >= 0.6 is 0 Å². The third kappa shape index (κ3) is 4.44. The zero-order valence-electron chi connectivity index (χ0n) is 15.4. The van der Waals surface area contributed by atoms with Gasteiger partial charge in [0.2, 0.25) is 5.91 Å². The Balaban J connectivity index is 1.62. The molecule has 2 aromatic rings. The van der Waals surface area contributed by atoms with Gasteiger partial charge < -0.3 is 15.5 Å². The molecular weight excluding hydrogens is 371 g/mol. The topological polar surface area (TPSA) is 61.4 Å². The molecule has 28 heavy (non-hydrogen) atoms. The fourth-order valence-electron chi connectivity index (χ4n) is 3.07. The minimum absolute atomic E-state index is 0.0302. The number of benzene rings is 2. The molecule has 1 heterocycles. The molecule has 1 saturated heterocycles. The Kier molecular flexibility index (Phi) is 5.31. The first kappa shape index (κ1) is 19.7. The second kappa shape index (κ2) is 7.53. The number of hydrogen-bond acceptors (Lipinski definition) is 2. The summed E-state index contributed by atoms with van der Waals surface area (Å²) in [4.78, 5) is 26.0. The summed E-state index contributed by atoms with van der Waals surface area (Å²) in [6.07, 6.45) is -4.36. The number of carbonyl (C=O) groups is 2. The Morgan fingerprint density at radius 3 is 2.54 bits per heavy atom. The van der Waals surface area contributed by atoms with E-state index in [0.717, 1.165) is 28.9 Å². The van der Waals surface area contributed by atoms with E-state index in [0.29, 0.717) is 6.54 Å². The highest BCUT2D eigenvalue weighted by Gasteiger charge is 2.32. The lowest BCUT2D eigenvalue weighted by atomic mass is 10.1. The highest BCUT2D eigenvalue weighted by molar-refractivity contribution is 5.97. The number of amides is 3. The molecule has 8 heteroatoms. The fourth-order valence-corrected chi connectivity index (χ4v) is 3.07. The summed E-state index contributed by atoms with van der Waals surface area (Å²) in [5, 5.41) is 5.04. The standard InChI is InChI=1S/C20H20F3N3O2/c1-12-6-7-17(8-13(12)2)26-11-16(10-18(26)27)25-19(28)24-15-5-3-4-14(9-15)20(21,22)23/h3-9,16H,10-11H2,1-2H3,(H2,24,25,28)/t16-/m1/s1. The third-order valence-corrected chi connectivity index (χ3v) is 4.71. The van der Waals surface area contributed by atoms with E-state index >= 15 is 0 Å². The van der Waals surface area contributed by atoms with Gasteiger partial charge in [0.15, 0.2) is 0 Å². The van der Waals surface area contributed by atoms with E-state index in [9.17, 15) is 22.8 Å². The normalized spacial score (nSPS) is 17.0. The maximum absolute atomic E-state index is 12.8. The number of rotatable bonds is 3. The van der Waals surface area contributed by atoms with Gasteiger partial charge in [-0.05, 0) is 55.3 Å². The lowest BCUT2D eigenvalue weighted by molar-refractivity contribution is -0.137. The highest BCUT2D eigenvalue weighted by atomic mass is 19.4. The second-order valence-corrected chi connectivity index (χ2v) is 6.85. The van der Waals surface area contributed by atoms with Gasteiger partial charge in [0.05, 0.1) is 11.6 Å². The van der Waals surface area contributed by atoms with Crippen molar-refractivity contribution in [2.24, 2.45) is 0 Å². The van der Waals surface area contributed by atoms with Crippen molar-refractivity contribution >= 4 is 23.3 Å². The number of halogens is 3. The molecule has 3 amide bonds. The van der Waals surface area contributed by atoms with E-state index in [1.54, 1.807) is 4.90 Å². The predicted molar refractivity (Wildman–Crippen MR) is 100 cm³/mol. The molecule has 0 spiro atoms. The molecule has 3 rings (SSSR count). The first-order chi connectivity index (χ1) is 13.1. The lowest BCUT2D eigenvalue weighted by Gasteiger charge is -2.18. The number of nitrogens with one attached hydrogen (secondary N) is 2. The summed E-state index contributed by atoms with van der Waals surface area (Å²) in [5.74, 6) is -0.118. The predicted octanol–water partition coefficient (Wildman–Crippen LogP) is 4.25. The van der Waals surface area contributed by atoms with Crippen LogP contribution in [0.1, 0.15) is 23.1 Å². The average Bonchev–Trinajstić information content (AvgIpc) is 2.97. The summed E-state index contributed by atoms with van der Waals surface area (Å²) < 4.78 is 38.3. The van der Waals surface area contributed by atoms with Crippen molar-refractivity contribution in [3.8, 4) is 0 Å². The number of alkyl halides is 3. The van der Waals surface area contributed by atoms with Crippen molar-refractivity contribution in [1.82, 2.24) is 5.32 Å². The lowest BCUT2D eigenvalue weighted by Crippen LogP contribution is -2.39. The van der Waals surface area contributed by atoms with Gasteiger partial charge in [-0.1, -0.05) is 12.1 Å². The van der Waals surface area contributed by atoms with Crippen molar-refractivity contribution in [3.05, 3.63) is 59.2 Å². The maximum Gasteiger partial charge on any atom is 0.416 e. The van der Waals surface area contributed by atoms with Crippen LogP contribution in [0.15, 0.2) is 42.5 Å². The van der Waals surface area contributed by atoms with Crippen molar-refractivity contribution in [1.29, 1.82) is 0 Å². The molecule has 0 radical (unpaired) electrons. The molecule has 0 aliphatic carbocycles. The molecule has 5 nitrogen and oxygen atoms in total. The zero-order chi connectivity index (χ0) is 20.5. The van der Waals surface area contributed by atoms with Crippen LogP contribution in [0, 0.1) is 13.8 Å². The quantitative estimate of drug-likeness (QED) is 0.822. The molecule has 0 unspecified atom stereocenters. The molecule has 1 atom stereocenters. The Morgan fingerprint density at radius 1 is 1.11 bits per heavy atom. The van der Waals surface area contributed by atoms with Gasteiger partial charge in [0.25, 0.3) is 0 Å². The van der Waals surface area contributed by atoms with Crippen LogP contribution in [0.2, 0.25) is 0 Å². The van der Waals surface area contributed by atoms with Crippen LogP contribution in [-0.4, -0.2) is 24.5 Å². The fraction of sp³-hybridized carbons (Fsp3) is 0.300. The smallest absolute Gasteiger partial charge is 0.333 e. The molecule has 1 aliphatic rings. The van der Waals surface area contributed by atoms with Gasteiger partial charge in [-0.3, -0.25) is 4.79 Å². The molecule has 2 N–H and O–H groups in total. The average molecular weight is 391 g/mol. The van der Waals surface area contributed by atoms with Crippen LogP contribution in [0.4, 0.5) is 29.3 Å². The number of hydrogen-bond donors (Lipinski definition) is 2. The Labute approximate surface area is 160 Å². The molecule has 0 bridgehead atoms. The second-order valence-electron chi connectivity index (χ2n) is 6.85. The molecule has 2 aromatic carbocycles. The summed E-state index contributed by atoms with van der Waals surface area (Å²) in [7, 11) is 0. The number of anilines is 2. The Hall–Kier alpha value is -3.03. The number of nitrogens with zero attached hydrogens (tertiary/aromatic N) is 1. The molecule has 1 aliphatic heterocycles. The van der Waals surface area contributed by atoms with E-state index in [4.69, 9.17) is 0 Å². The highest BCUT2D eigenvalue weighted by Crippen LogP contribution is 2.30. The molecule has 0 saturated carbocycles. The molecule has 148 valence electrons. The van der Waals surface area contributed by atoms with E-state index < -0.39 is 23.8 Å². The van der Waals surface area contributed by atoms with Crippen LogP contribution < -0.4 is 15.5 Å². The van der Waals surface area contributed by atoms with Gasteiger partial charge >= 0.3 is 12.2 Å². The molecular formula is C20H20F3N3O2. The van der Waals surface area contributed by atoms with Crippen molar-refractivity contribution in [2.75, 3.05) is 16.8 Å². The van der Waals surface area contributed by atoms with E-state index in [-0.39, 0.29) is 18.0 Å². The van der Waals surface area contributed by atoms with Gasteiger partial charge in [0, 0.05) is 24.3 Å². The summed E-state index contributed by atoms with van der Waals surface area (Å²) in [6.45, 7) is 4.24. The third-order valence-electron chi connectivity index (χ3n) is 4.71. The van der Waals surface area contributed by atoms with Crippen LogP contribution in [0.25, 0.3) is 0 Å². The van der Waals surface area contributed by atoms with Crippen LogP contribution in [-0.2, 0) is 11.0 Å². The minimum atomic E-state index is -4.49. The van der Waals surface area contributed by atoms with Crippen LogP contribution in [0.5, 0.6) is 0 Å². The van der Waals surface area contributed by atoms with Gasteiger partial charge in [-0.25, -0.2) is 4.79 Å². The molecule has 1 fully saturated rings. The van der Waals surface area contributed by atoms with Gasteiger partial charge in [0.1, 0.15) is 0 Å². The SMILES string of the molecule is Cc1ccc(N2C[C@H](NC(=O)Nc3cccc(C(F)(F)F)c3)CC2=O)cc1C. The zero-order valence-corrected chi connectivity index (χ0v) is 15.4. The summed E-state index contributed by atoms with van der Waals surface area (Å²) in [5.41, 5.74) is 2.12. The first-order valence-corrected chi connectivity index (χ1v) is 8.76. The van der Waals surface area contributed by atoms with Gasteiger partial charge in [-0.2, -0.15) is 13.2 Å². The first-order valence-electron chi connectivity index (χ1n) is 8.76. The van der Waals surface area contributed by atoms with E-state index in [2.05, 4.69) is 10.6 Å². The monoisotopic (exact) mass is 391 g/mol. The molecule has 0 aromatic heterocycles. The van der Waals surface area contributed by atoms with E-state index in [1.165, 1.54) is 12.1 Å². The Morgan fingerprint density at radius 2 is 1.86 bits per heavy atom. The number of aryl methyl sites for hydroxylation is 2. The number of carbonyl (C=O) groups excluding carboxylic acids is 2. The minimum Gasteiger partial charge on any atom is -0.333 e. The summed E-state index contributed by atoms with van der Waals surface area (Å²) >= 11 is 0. The van der Waals surface area contributed by atoms with Crippen molar-refractivity contribution in [2.45, 2.75) is 32.5 Å². The maximum atomic E-state index is 12.8. The van der Waals surface area contributed by atoms with Crippen molar-refractivity contribution < 1.29 is 22.8 Å².